The molecule has 3 aromatic rings. The fourth-order valence-corrected chi connectivity index (χ4v) is 8.13. The number of rotatable bonds is 3. The van der Waals surface area contributed by atoms with Crippen molar-refractivity contribution in [2.24, 2.45) is 0 Å². The average molecular weight is 367 g/mol. The molecule has 0 N–H and O–H groups in total. The van der Waals surface area contributed by atoms with Crippen molar-refractivity contribution in [1.82, 2.24) is 0 Å². The number of hydrogen-bond acceptors (Lipinski definition) is 2. The average Bonchev–Trinajstić information content (AvgIpc) is 2.94. The quantitative estimate of drug-likeness (QED) is 0.572. The van der Waals surface area contributed by atoms with Gasteiger partial charge in [0.1, 0.15) is 0 Å². The van der Waals surface area contributed by atoms with E-state index in [0.717, 1.165) is 16.8 Å². The van der Waals surface area contributed by atoms with Gasteiger partial charge in [-0.2, -0.15) is 0 Å². The van der Waals surface area contributed by atoms with Crippen molar-refractivity contribution in [2.75, 3.05) is 11.2 Å². The fourth-order valence-electron chi connectivity index (χ4n) is 3.98. The molecule has 0 amide bonds. The SMILES string of the molecule is CCN1c2cc(C)cc(C)c2OP1(F)(c1ccccc1)c1ccccc1. The van der Waals surface area contributed by atoms with E-state index >= 15 is 4.20 Å². The molecule has 0 atom stereocenters. The van der Waals surface area contributed by atoms with Gasteiger partial charge in [-0.3, -0.25) is 0 Å². The predicted octanol–water partition coefficient (Wildman–Crippen LogP) is 5.44. The second kappa shape index (κ2) is 5.82. The van der Waals surface area contributed by atoms with Gasteiger partial charge in [0.25, 0.3) is 0 Å². The molecule has 26 heavy (non-hydrogen) atoms. The van der Waals surface area contributed by atoms with Crippen LogP contribution in [0, 0.1) is 13.8 Å². The molecule has 0 aliphatic carbocycles. The van der Waals surface area contributed by atoms with Crippen LogP contribution in [0.2, 0.25) is 0 Å². The Bertz CT molecular complexity index is 919. The van der Waals surface area contributed by atoms with Gasteiger partial charge in [0, 0.05) is 0 Å². The minimum atomic E-state index is -4.55. The van der Waals surface area contributed by atoms with Crippen molar-refractivity contribution in [3.05, 3.63) is 83.9 Å². The van der Waals surface area contributed by atoms with Crippen LogP contribution in [-0.2, 0) is 0 Å². The van der Waals surface area contributed by atoms with Crippen LogP contribution in [0.25, 0.3) is 0 Å². The van der Waals surface area contributed by atoms with Crippen molar-refractivity contribution < 1.29 is 8.72 Å². The molecule has 3 aromatic carbocycles. The summed E-state index contributed by atoms with van der Waals surface area (Å²) < 4.78 is 26.1. The second-order valence-corrected chi connectivity index (χ2v) is 10.3. The van der Waals surface area contributed by atoms with E-state index in [-0.39, 0.29) is 0 Å². The Morgan fingerprint density at radius 1 is 0.885 bits per heavy atom. The summed E-state index contributed by atoms with van der Waals surface area (Å²) in [6.07, 6.45) is 0. The van der Waals surface area contributed by atoms with E-state index in [1.165, 1.54) is 0 Å². The monoisotopic (exact) mass is 367 g/mol. The van der Waals surface area contributed by atoms with E-state index in [4.69, 9.17) is 4.52 Å². The van der Waals surface area contributed by atoms with Gasteiger partial charge in [-0.25, -0.2) is 0 Å². The molecular weight excluding hydrogens is 344 g/mol. The Morgan fingerprint density at radius 2 is 1.42 bits per heavy atom. The van der Waals surface area contributed by atoms with Crippen molar-refractivity contribution in [2.45, 2.75) is 20.8 Å². The number of fused-ring (bicyclic) bond motifs is 1. The number of nitrogens with zero attached hydrogens (tertiary/aromatic N) is 1. The first-order valence-corrected chi connectivity index (χ1v) is 10.9. The minimum absolute atomic E-state index is 0.522. The Morgan fingerprint density at radius 3 is 1.92 bits per heavy atom. The second-order valence-electron chi connectivity index (χ2n) is 6.80. The Balaban J connectivity index is 2.10. The van der Waals surface area contributed by atoms with Gasteiger partial charge < -0.3 is 0 Å². The Kier molecular flexibility index (Phi) is 3.82. The van der Waals surface area contributed by atoms with Gasteiger partial charge in [-0.15, -0.1) is 0 Å². The summed E-state index contributed by atoms with van der Waals surface area (Å²) in [5, 5.41) is 1.19. The summed E-state index contributed by atoms with van der Waals surface area (Å²) in [7, 11) is -4.55. The summed E-state index contributed by atoms with van der Waals surface area (Å²) in [6, 6.07) is 22.8. The molecule has 1 heterocycles. The molecule has 4 rings (SSSR count). The van der Waals surface area contributed by atoms with Crippen LogP contribution in [-0.4, -0.2) is 6.54 Å². The molecule has 1 aliphatic heterocycles. The molecule has 1 aliphatic rings. The van der Waals surface area contributed by atoms with Crippen molar-refractivity contribution in [3.8, 4) is 5.75 Å². The summed E-state index contributed by atoms with van der Waals surface area (Å²) in [6.45, 7) is 6.54. The molecule has 0 fully saturated rings. The van der Waals surface area contributed by atoms with Crippen molar-refractivity contribution >= 4 is 23.6 Å². The van der Waals surface area contributed by atoms with Crippen LogP contribution < -0.4 is 19.8 Å². The van der Waals surface area contributed by atoms with Gasteiger partial charge >= 0.3 is 154 Å². The van der Waals surface area contributed by atoms with E-state index in [1.807, 2.05) is 92.2 Å². The molecule has 0 spiro atoms. The molecule has 0 saturated heterocycles. The van der Waals surface area contributed by atoms with E-state index in [2.05, 4.69) is 6.07 Å². The Labute approximate surface area is 154 Å². The molecule has 2 nitrogen and oxygen atoms in total. The van der Waals surface area contributed by atoms with E-state index in [0.29, 0.717) is 22.9 Å². The number of aryl methyl sites for hydroxylation is 2. The number of halogens is 1. The van der Waals surface area contributed by atoms with Gasteiger partial charge in [0.05, 0.1) is 0 Å². The molecule has 134 valence electrons. The first-order chi connectivity index (χ1) is 12.5. The van der Waals surface area contributed by atoms with Crippen LogP contribution in [0.3, 0.4) is 0 Å². The van der Waals surface area contributed by atoms with E-state index in [1.54, 1.807) is 0 Å². The van der Waals surface area contributed by atoms with E-state index < -0.39 is 7.29 Å². The first kappa shape index (κ1) is 17.1. The normalized spacial score (nSPS) is 18.5. The van der Waals surface area contributed by atoms with Gasteiger partial charge in [0.2, 0.25) is 0 Å². The third-order valence-electron chi connectivity index (χ3n) is 5.07. The fraction of sp³-hybridized carbons (Fsp3) is 0.182. The zero-order valence-corrected chi connectivity index (χ0v) is 16.2. The summed E-state index contributed by atoms with van der Waals surface area (Å²) in [4.78, 5) is 0. The standard InChI is InChI=1S/C22H23FNOP/c1-4-24-21-16-17(2)15-18(3)22(21)25-26(24,23,19-11-7-5-8-12-19)20-13-9-6-10-14-20/h5-16H,4H2,1-3H3. The predicted molar refractivity (Wildman–Crippen MR) is 110 cm³/mol. The topological polar surface area (TPSA) is 12.5 Å². The molecule has 0 aromatic heterocycles. The van der Waals surface area contributed by atoms with Crippen LogP contribution in [0.1, 0.15) is 18.1 Å². The zero-order chi connectivity index (χ0) is 18.4. The zero-order valence-electron chi connectivity index (χ0n) is 15.3. The van der Waals surface area contributed by atoms with Crippen molar-refractivity contribution in [1.29, 1.82) is 0 Å². The number of hydrogen-bond donors (Lipinski definition) is 0. The first-order valence-electron chi connectivity index (χ1n) is 8.93. The van der Waals surface area contributed by atoms with Crippen molar-refractivity contribution in [3.63, 3.8) is 0 Å². The van der Waals surface area contributed by atoms with Gasteiger partial charge in [-0.05, 0) is 0 Å². The molecule has 0 unspecified atom stereocenters. The molecule has 4 heteroatoms. The number of anilines is 1. The molecule has 0 radical (unpaired) electrons. The van der Waals surface area contributed by atoms with Gasteiger partial charge in [-0.1, -0.05) is 0 Å². The van der Waals surface area contributed by atoms with E-state index in [9.17, 15) is 0 Å². The van der Waals surface area contributed by atoms with Gasteiger partial charge in [0.15, 0.2) is 0 Å². The summed E-state index contributed by atoms with van der Waals surface area (Å²) in [5.74, 6) is 0.658. The summed E-state index contributed by atoms with van der Waals surface area (Å²) in [5.41, 5.74) is 2.92. The van der Waals surface area contributed by atoms with Crippen LogP contribution in [0.15, 0.2) is 72.8 Å². The molecule has 0 saturated carbocycles. The maximum absolute atomic E-state index is 17.8. The van der Waals surface area contributed by atoms with Crippen LogP contribution >= 0.6 is 7.29 Å². The summed E-state index contributed by atoms with van der Waals surface area (Å²) >= 11 is 0. The number of benzene rings is 3. The maximum atomic E-state index is 17.8. The van der Waals surface area contributed by atoms with Crippen LogP contribution in [0.4, 0.5) is 9.88 Å². The third-order valence-corrected chi connectivity index (χ3v) is 9.34. The van der Waals surface area contributed by atoms with Crippen LogP contribution in [0.5, 0.6) is 5.75 Å². The Hall–Kier alpha value is -2.38. The molecular formula is C22H23FNOP. The molecule has 0 bridgehead atoms. The third kappa shape index (κ3) is 2.13.